The van der Waals surface area contributed by atoms with Crippen LogP contribution in [0.15, 0.2) is 56.3 Å². The van der Waals surface area contributed by atoms with Gasteiger partial charge in [-0.1, -0.05) is 23.7 Å². The molecule has 2 aromatic carbocycles. The van der Waals surface area contributed by atoms with Crippen molar-refractivity contribution in [2.24, 2.45) is 0 Å². The molecule has 0 aliphatic rings. The molecule has 8 heteroatoms. The Balaban J connectivity index is 1.68. The maximum Gasteiger partial charge on any atom is 0.340 e. The number of furan rings is 1. The first-order chi connectivity index (χ1) is 15.3. The van der Waals surface area contributed by atoms with Crippen molar-refractivity contribution in [2.75, 3.05) is 6.54 Å². The van der Waals surface area contributed by atoms with E-state index in [9.17, 15) is 14.4 Å². The van der Waals surface area contributed by atoms with Crippen molar-refractivity contribution >= 4 is 45.4 Å². The summed E-state index contributed by atoms with van der Waals surface area (Å²) >= 11 is 5.99. The molecule has 0 aliphatic heterocycles. The van der Waals surface area contributed by atoms with Gasteiger partial charge in [0.2, 0.25) is 5.91 Å². The standard InChI is InChI=1S/C24H20ClNO6/c1-13-16-9-18-19(14-4-6-15(25)7-5-14)12-31-20(18)11-21(16)32-24(30)17(13)10-22(27)26-8-2-3-23(28)29/h4-7,9,11-12H,2-3,8,10H2,1H3,(H,26,27)(H,28,29). The van der Waals surface area contributed by atoms with Gasteiger partial charge in [0.15, 0.2) is 0 Å². The molecule has 0 unspecified atom stereocenters. The second-order valence-corrected chi connectivity index (χ2v) is 7.95. The normalized spacial score (nSPS) is 11.2. The summed E-state index contributed by atoms with van der Waals surface area (Å²) in [5.41, 5.74) is 3.10. The van der Waals surface area contributed by atoms with Gasteiger partial charge in [0.25, 0.3) is 0 Å². The van der Waals surface area contributed by atoms with Crippen molar-refractivity contribution in [1.29, 1.82) is 0 Å². The number of amides is 1. The third kappa shape index (κ3) is 4.38. The van der Waals surface area contributed by atoms with Crippen LogP contribution in [-0.4, -0.2) is 23.5 Å². The zero-order valence-electron chi connectivity index (χ0n) is 17.2. The van der Waals surface area contributed by atoms with Gasteiger partial charge in [-0.3, -0.25) is 9.59 Å². The average molecular weight is 454 g/mol. The number of aliphatic carboxylic acids is 1. The molecule has 0 saturated heterocycles. The van der Waals surface area contributed by atoms with E-state index >= 15 is 0 Å². The van der Waals surface area contributed by atoms with E-state index in [2.05, 4.69) is 5.32 Å². The van der Waals surface area contributed by atoms with Gasteiger partial charge in [0.05, 0.1) is 18.2 Å². The van der Waals surface area contributed by atoms with Gasteiger partial charge >= 0.3 is 11.6 Å². The Labute approximate surface area is 187 Å². The zero-order chi connectivity index (χ0) is 22.8. The molecule has 0 radical (unpaired) electrons. The highest BCUT2D eigenvalue weighted by atomic mass is 35.5. The van der Waals surface area contributed by atoms with Crippen LogP contribution in [0.4, 0.5) is 0 Å². The lowest BCUT2D eigenvalue weighted by molar-refractivity contribution is -0.137. The number of aryl methyl sites for hydroxylation is 1. The van der Waals surface area contributed by atoms with E-state index in [1.807, 2.05) is 18.2 Å². The number of carboxylic acid groups (broad SMARTS) is 1. The van der Waals surface area contributed by atoms with Crippen LogP contribution in [0, 0.1) is 6.92 Å². The summed E-state index contributed by atoms with van der Waals surface area (Å²) < 4.78 is 11.2. The fraction of sp³-hybridized carbons (Fsp3) is 0.208. The number of rotatable bonds is 7. The summed E-state index contributed by atoms with van der Waals surface area (Å²) in [4.78, 5) is 35.4. The van der Waals surface area contributed by atoms with E-state index < -0.39 is 11.6 Å². The molecule has 0 atom stereocenters. The summed E-state index contributed by atoms with van der Waals surface area (Å²) in [6.07, 6.45) is 1.78. The number of halogens is 1. The highest BCUT2D eigenvalue weighted by Crippen LogP contribution is 2.35. The molecular weight excluding hydrogens is 434 g/mol. The Morgan fingerprint density at radius 3 is 2.56 bits per heavy atom. The van der Waals surface area contributed by atoms with Gasteiger partial charge in [-0.05, 0) is 42.7 Å². The molecule has 7 nitrogen and oxygen atoms in total. The van der Waals surface area contributed by atoms with Crippen LogP contribution in [0.1, 0.15) is 24.0 Å². The van der Waals surface area contributed by atoms with E-state index in [0.717, 1.165) is 16.5 Å². The Hall–Kier alpha value is -3.58. The van der Waals surface area contributed by atoms with Crippen molar-refractivity contribution in [3.63, 3.8) is 0 Å². The molecule has 0 aliphatic carbocycles. The number of hydrogen-bond donors (Lipinski definition) is 2. The second kappa shape index (κ2) is 8.88. The van der Waals surface area contributed by atoms with Gasteiger partial charge in [0.1, 0.15) is 11.2 Å². The Morgan fingerprint density at radius 2 is 1.84 bits per heavy atom. The third-order valence-electron chi connectivity index (χ3n) is 5.36. The molecule has 164 valence electrons. The van der Waals surface area contributed by atoms with Crippen LogP contribution in [-0.2, 0) is 16.0 Å². The Kier molecular flexibility index (Phi) is 6.01. The number of hydrogen-bond acceptors (Lipinski definition) is 5. The number of carbonyl (C=O) groups is 2. The van der Waals surface area contributed by atoms with E-state index in [1.54, 1.807) is 31.4 Å². The lowest BCUT2D eigenvalue weighted by Gasteiger charge is -2.09. The third-order valence-corrected chi connectivity index (χ3v) is 5.62. The van der Waals surface area contributed by atoms with Gasteiger partial charge in [-0.2, -0.15) is 0 Å². The van der Waals surface area contributed by atoms with Crippen LogP contribution < -0.4 is 10.9 Å². The molecule has 2 aromatic heterocycles. The lowest BCUT2D eigenvalue weighted by Crippen LogP contribution is -2.28. The molecule has 0 fully saturated rings. The topological polar surface area (TPSA) is 110 Å². The number of fused-ring (bicyclic) bond motifs is 2. The molecule has 4 rings (SSSR count). The lowest BCUT2D eigenvalue weighted by atomic mass is 9.99. The van der Waals surface area contributed by atoms with E-state index in [1.165, 1.54) is 0 Å². The molecule has 1 amide bonds. The summed E-state index contributed by atoms with van der Waals surface area (Å²) in [6.45, 7) is 2.00. The Bertz CT molecular complexity index is 1380. The van der Waals surface area contributed by atoms with E-state index in [4.69, 9.17) is 25.5 Å². The minimum absolute atomic E-state index is 0.0337. The van der Waals surface area contributed by atoms with Crippen LogP contribution in [0.5, 0.6) is 0 Å². The molecular formula is C24H20ClNO6. The minimum Gasteiger partial charge on any atom is -0.481 e. The number of benzene rings is 2. The fourth-order valence-electron chi connectivity index (χ4n) is 3.66. The number of carbonyl (C=O) groups excluding carboxylic acids is 1. The predicted molar refractivity (Wildman–Crippen MR) is 121 cm³/mol. The summed E-state index contributed by atoms with van der Waals surface area (Å²) in [6, 6.07) is 11.0. The largest absolute Gasteiger partial charge is 0.481 e. The van der Waals surface area contributed by atoms with Crippen LogP contribution in [0.3, 0.4) is 0 Å². The van der Waals surface area contributed by atoms with Gasteiger partial charge < -0.3 is 19.3 Å². The zero-order valence-corrected chi connectivity index (χ0v) is 18.0. The molecule has 4 aromatic rings. The maximum atomic E-state index is 12.5. The molecule has 2 N–H and O–H groups in total. The molecule has 0 spiro atoms. The van der Waals surface area contributed by atoms with Crippen LogP contribution >= 0.6 is 11.6 Å². The molecule has 2 heterocycles. The number of nitrogens with one attached hydrogen (secondary N) is 1. The second-order valence-electron chi connectivity index (χ2n) is 7.52. The van der Waals surface area contributed by atoms with Crippen molar-refractivity contribution in [2.45, 2.75) is 26.2 Å². The van der Waals surface area contributed by atoms with Gasteiger partial charge in [-0.15, -0.1) is 0 Å². The van der Waals surface area contributed by atoms with Gasteiger partial charge in [0, 0.05) is 40.4 Å². The first-order valence-corrected chi connectivity index (χ1v) is 10.4. The van der Waals surface area contributed by atoms with Crippen LogP contribution in [0.2, 0.25) is 5.02 Å². The highest BCUT2D eigenvalue weighted by Gasteiger charge is 2.17. The smallest absolute Gasteiger partial charge is 0.340 e. The molecule has 0 saturated carbocycles. The van der Waals surface area contributed by atoms with Crippen molar-refractivity contribution < 1.29 is 23.5 Å². The highest BCUT2D eigenvalue weighted by molar-refractivity contribution is 6.30. The predicted octanol–water partition coefficient (Wildman–Crippen LogP) is 4.69. The average Bonchev–Trinajstić information content (AvgIpc) is 3.16. The maximum absolute atomic E-state index is 12.5. The quantitative estimate of drug-likeness (QED) is 0.310. The summed E-state index contributed by atoms with van der Waals surface area (Å²) in [5, 5.41) is 13.5. The first kappa shape index (κ1) is 21.6. The SMILES string of the molecule is Cc1c(CC(=O)NCCCC(=O)O)c(=O)oc2cc3occ(-c4ccc(Cl)cc4)c3cc12. The molecule has 32 heavy (non-hydrogen) atoms. The first-order valence-electron chi connectivity index (χ1n) is 10.1. The summed E-state index contributed by atoms with van der Waals surface area (Å²) in [7, 11) is 0. The molecule has 0 bridgehead atoms. The van der Waals surface area contributed by atoms with Crippen LogP contribution in [0.25, 0.3) is 33.1 Å². The van der Waals surface area contributed by atoms with Crippen molar-refractivity contribution in [3.05, 3.63) is 69.2 Å². The fourth-order valence-corrected chi connectivity index (χ4v) is 3.78. The number of carboxylic acids is 1. The monoisotopic (exact) mass is 453 g/mol. The van der Waals surface area contributed by atoms with Gasteiger partial charge in [-0.25, -0.2) is 4.79 Å². The van der Waals surface area contributed by atoms with E-state index in [-0.39, 0.29) is 30.9 Å². The summed E-state index contributed by atoms with van der Waals surface area (Å²) in [5.74, 6) is -1.29. The van der Waals surface area contributed by atoms with Crippen molar-refractivity contribution in [1.82, 2.24) is 5.32 Å². The Morgan fingerprint density at radius 1 is 1.09 bits per heavy atom. The van der Waals surface area contributed by atoms with Crippen molar-refractivity contribution in [3.8, 4) is 11.1 Å². The minimum atomic E-state index is -0.922. The van der Waals surface area contributed by atoms with E-state index in [0.29, 0.717) is 33.6 Å².